The molecule has 0 amide bonds. The van der Waals surface area contributed by atoms with Crippen LogP contribution in [0.3, 0.4) is 0 Å². The number of piperidine rings is 1. The van der Waals surface area contributed by atoms with Gasteiger partial charge in [-0.05, 0) is 61.1 Å². The maximum Gasteiger partial charge on any atom is 0.185 e. The summed E-state index contributed by atoms with van der Waals surface area (Å²) in [7, 11) is 3.32. The Morgan fingerprint density at radius 3 is 2.69 bits per heavy atom. The number of ketones is 1. The maximum absolute atomic E-state index is 14.8. The first kappa shape index (κ1) is 26.2. The van der Waals surface area contributed by atoms with E-state index in [1.165, 1.54) is 32.0 Å². The third-order valence-corrected chi connectivity index (χ3v) is 8.53. The summed E-state index contributed by atoms with van der Waals surface area (Å²) >= 11 is 0. The molecule has 2 fully saturated rings. The summed E-state index contributed by atoms with van der Waals surface area (Å²) in [5, 5.41) is 0. The minimum absolute atomic E-state index is 0.0690. The molecule has 10 heteroatoms. The van der Waals surface area contributed by atoms with Gasteiger partial charge in [0.25, 0.3) is 0 Å². The number of carbonyl (C=O) groups excluding carboxylic acids is 1. The van der Waals surface area contributed by atoms with Gasteiger partial charge in [-0.3, -0.25) is 9.78 Å². The normalized spacial score (nSPS) is 17.8. The zero-order chi connectivity index (χ0) is 29.0. The molecular formula is C32H28F2N6O2. The van der Waals surface area contributed by atoms with Gasteiger partial charge in [0.2, 0.25) is 0 Å². The van der Waals surface area contributed by atoms with Crippen molar-refractivity contribution in [1.29, 1.82) is 0 Å². The minimum Gasteiger partial charge on any atom is -0.496 e. The Kier molecular flexibility index (Phi) is 6.41. The number of Topliss-reactive ketones (excluding diaryl/α,β-unsaturated/α-hetero) is 1. The lowest BCUT2D eigenvalue weighted by atomic mass is 10.0. The zero-order valence-corrected chi connectivity index (χ0v) is 23.2. The molecule has 1 aliphatic carbocycles. The number of hydrogen-bond donors (Lipinski definition) is 0. The van der Waals surface area contributed by atoms with Crippen molar-refractivity contribution >= 4 is 22.5 Å². The van der Waals surface area contributed by atoms with E-state index in [9.17, 15) is 13.6 Å². The number of nitrogens with zero attached hydrogens (tertiary/aromatic N) is 6. The number of fused-ring (bicyclic) bond motifs is 3. The van der Waals surface area contributed by atoms with Crippen LogP contribution in [0.15, 0.2) is 61.1 Å². The van der Waals surface area contributed by atoms with Crippen molar-refractivity contribution in [2.24, 2.45) is 13.0 Å². The van der Waals surface area contributed by atoms with Crippen molar-refractivity contribution in [3.05, 3.63) is 83.9 Å². The molecule has 8 nitrogen and oxygen atoms in total. The molecule has 7 rings (SSSR count). The van der Waals surface area contributed by atoms with Crippen LogP contribution >= 0.6 is 0 Å². The van der Waals surface area contributed by atoms with Crippen molar-refractivity contribution < 1.29 is 18.3 Å². The number of ether oxygens (including phenoxy) is 1. The Hall–Kier alpha value is -4.73. The van der Waals surface area contributed by atoms with Crippen molar-refractivity contribution in [2.75, 3.05) is 18.6 Å². The Morgan fingerprint density at radius 2 is 1.93 bits per heavy atom. The number of hydrogen-bond acceptors (Lipinski definition) is 7. The van der Waals surface area contributed by atoms with E-state index in [1.54, 1.807) is 30.5 Å². The summed E-state index contributed by atoms with van der Waals surface area (Å²) in [6, 6.07) is 11.9. The molecule has 4 heterocycles. The summed E-state index contributed by atoms with van der Waals surface area (Å²) in [5.41, 5.74) is 3.98. The number of aryl methyl sites for hydroxylation is 1. The van der Waals surface area contributed by atoms with Gasteiger partial charge in [-0.25, -0.2) is 23.7 Å². The first-order valence-corrected chi connectivity index (χ1v) is 14.0. The number of rotatable bonds is 7. The summed E-state index contributed by atoms with van der Waals surface area (Å²) in [4.78, 5) is 33.6. The molecule has 1 saturated carbocycles. The smallest absolute Gasteiger partial charge is 0.185 e. The Morgan fingerprint density at radius 1 is 1.05 bits per heavy atom. The van der Waals surface area contributed by atoms with Gasteiger partial charge in [0, 0.05) is 38.4 Å². The lowest BCUT2D eigenvalue weighted by molar-refractivity contribution is 0.0988. The number of aromatic nitrogens is 5. The highest BCUT2D eigenvalue weighted by Crippen LogP contribution is 2.44. The molecule has 0 N–H and O–H groups in total. The van der Waals surface area contributed by atoms with Crippen molar-refractivity contribution in [3.63, 3.8) is 0 Å². The highest BCUT2D eigenvalue weighted by Gasteiger charge is 2.40. The summed E-state index contributed by atoms with van der Waals surface area (Å²) in [6.07, 6.45) is 7.67. The average molecular weight is 567 g/mol. The van der Waals surface area contributed by atoms with E-state index in [2.05, 4.69) is 19.9 Å². The van der Waals surface area contributed by atoms with Crippen molar-refractivity contribution in [2.45, 2.75) is 31.7 Å². The van der Waals surface area contributed by atoms with Crippen LogP contribution in [0.25, 0.3) is 33.8 Å². The molecular weight excluding hydrogens is 538 g/mol. The molecule has 2 atom stereocenters. The van der Waals surface area contributed by atoms with Crippen LogP contribution in [0.4, 0.5) is 14.5 Å². The first-order valence-electron chi connectivity index (χ1n) is 14.0. The van der Waals surface area contributed by atoms with Gasteiger partial charge >= 0.3 is 0 Å². The topological polar surface area (TPSA) is 86.0 Å². The molecule has 42 heavy (non-hydrogen) atoms. The summed E-state index contributed by atoms with van der Waals surface area (Å²) in [6.45, 7) is 0.894. The summed E-state index contributed by atoms with van der Waals surface area (Å²) < 4.78 is 36.7. The Bertz CT molecular complexity index is 1850. The number of halogens is 2. The highest BCUT2D eigenvalue weighted by molar-refractivity contribution is 6.00. The van der Waals surface area contributed by atoms with Crippen LogP contribution in [0.1, 0.15) is 35.3 Å². The van der Waals surface area contributed by atoms with Crippen LogP contribution in [0.5, 0.6) is 5.75 Å². The second-order valence-corrected chi connectivity index (χ2v) is 11.0. The lowest BCUT2D eigenvalue weighted by Gasteiger charge is -2.31. The minimum atomic E-state index is -0.535. The largest absolute Gasteiger partial charge is 0.496 e. The molecule has 1 saturated heterocycles. The lowest BCUT2D eigenvalue weighted by Crippen LogP contribution is -2.33. The van der Waals surface area contributed by atoms with E-state index in [0.717, 1.165) is 41.7 Å². The van der Waals surface area contributed by atoms with Crippen molar-refractivity contribution in [1.82, 2.24) is 24.5 Å². The molecule has 0 spiro atoms. The molecule has 1 aliphatic heterocycles. The van der Waals surface area contributed by atoms with Crippen LogP contribution in [-0.4, -0.2) is 50.0 Å². The quantitative estimate of drug-likeness (QED) is 0.231. The number of imidazole rings is 1. The first-order chi connectivity index (χ1) is 20.4. The third kappa shape index (κ3) is 4.29. The van der Waals surface area contributed by atoms with Gasteiger partial charge in [0.15, 0.2) is 17.4 Å². The zero-order valence-electron chi connectivity index (χ0n) is 23.2. The van der Waals surface area contributed by atoms with Gasteiger partial charge in [-0.2, -0.15) is 0 Å². The number of anilines is 1. The van der Waals surface area contributed by atoms with E-state index in [-0.39, 0.29) is 35.0 Å². The van der Waals surface area contributed by atoms with E-state index in [4.69, 9.17) is 9.72 Å². The fourth-order valence-electron chi connectivity index (χ4n) is 6.54. The van der Waals surface area contributed by atoms with E-state index >= 15 is 0 Å². The SMILES string of the molecule is COc1cccc(F)c1-c1nccc(C(=O)Cc2ccc3c(nc(-c4ccncc4F)n3C)c2N2C[C@H]3CC[C@@H]2C3)n1. The van der Waals surface area contributed by atoms with Crippen LogP contribution < -0.4 is 9.64 Å². The number of benzene rings is 2. The van der Waals surface area contributed by atoms with E-state index < -0.39 is 11.6 Å². The molecule has 2 bridgehead atoms. The van der Waals surface area contributed by atoms with Gasteiger partial charge in [-0.1, -0.05) is 12.1 Å². The monoisotopic (exact) mass is 566 g/mol. The molecule has 212 valence electrons. The van der Waals surface area contributed by atoms with Gasteiger partial charge in [0.1, 0.15) is 28.6 Å². The Balaban J connectivity index is 1.31. The van der Waals surface area contributed by atoms with Crippen LogP contribution in [-0.2, 0) is 13.5 Å². The number of methoxy groups -OCH3 is 1. The predicted molar refractivity (Wildman–Crippen MR) is 154 cm³/mol. The fourth-order valence-corrected chi connectivity index (χ4v) is 6.54. The predicted octanol–water partition coefficient (Wildman–Crippen LogP) is 5.79. The Labute approximate surface area is 241 Å². The number of pyridine rings is 1. The highest BCUT2D eigenvalue weighted by atomic mass is 19.1. The van der Waals surface area contributed by atoms with Crippen molar-refractivity contribution in [3.8, 4) is 28.5 Å². The molecule has 2 aromatic carbocycles. The van der Waals surface area contributed by atoms with Crippen LogP contribution in [0.2, 0.25) is 0 Å². The van der Waals surface area contributed by atoms with Gasteiger partial charge < -0.3 is 14.2 Å². The maximum atomic E-state index is 14.8. The molecule has 0 unspecified atom stereocenters. The van der Waals surface area contributed by atoms with E-state index in [1.807, 2.05) is 23.7 Å². The standard InChI is InChI=1S/C32H28F2N6O2/c1-39-25-9-7-19(15-26(41)24-11-13-36-31(37-24)28-22(33)4-3-5-27(28)42-2)30(40-17-18-6-8-20(40)14-18)29(25)38-32(39)21-10-12-35-16-23(21)34/h3-5,7,9-13,16,18,20H,6,8,14-15,17H2,1-2H3/t18-,20+/m0/s1. The fraction of sp³-hybridized carbons (Fsp3) is 0.281. The molecule has 5 aromatic rings. The van der Waals surface area contributed by atoms with Gasteiger partial charge in [0.05, 0.1) is 35.6 Å². The van der Waals surface area contributed by atoms with Crippen LogP contribution in [0, 0.1) is 17.6 Å². The molecule has 3 aromatic heterocycles. The molecule has 2 aliphatic rings. The summed E-state index contributed by atoms with van der Waals surface area (Å²) in [5.74, 6) is 0.264. The second-order valence-electron chi connectivity index (χ2n) is 11.0. The molecule has 0 radical (unpaired) electrons. The van der Waals surface area contributed by atoms with E-state index in [0.29, 0.717) is 23.3 Å². The second kappa shape index (κ2) is 10.3. The number of carbonyl (C=O) groups is 1. The van der Waals surface area contributed by atoms with Gasteiger partial charge in [-0.15, -0.1) is 0 Å². The third-order valence-electron chi connectivity index (χ3n) is 8.53. The average Bonchev–Trinajstić information content (AvgIpc) is 3.72.